The molecule has 0 fully saturated rings. The Morgan fingerprint density at radius 2 is 1.36 bits per heavy atom. The van der Waals surface area contributed by atoms with Crippen LogP contribution in [0.5, 0.6) is 0 Å². The summed E-state index contributed by atoms with van der Waals surface area (Å²) in [6, 6.07) is 10.3. The molecule has 0 N–H and O–H groups in total. The number of rotatable bonds is 0. The molecule has 0 spiro atoms. The molecule has 0 unspecified atom stereocenters. The van der Waals surface area contributed by atoms with E-state index in [-0.39, 0.29) is 14.1 Å². The molecule has 0 nitrogen and oxygen atoms in total. The predicted molar refractivity (Wildman–Crippen MR) is 55.2 cm³/mol. The summed E-state index contributed by atoms with van der Waals surface area (Å²) in [6.45, 7) is 0. The summed E-state index contributed by atoms with van der Waals surface area (Å²) in [6.07, 6.45) is 0. The summed E-state index contributed by atoms with van der Waals surface area (Å²) in [5.41, 5.74) is 0. The van der Waals surface area contributed by atoms with Crippen molar-refractivity contribution in [3.8, 4) is 0 Å². The molecule has 1 aromatic carbocycles. The van der Waals surface area contributed by atoms with Crippen LogP contribution in [0.3, 0.4) is 0 Å². The molecule has 0 atom stereocenters. The fourth-order valence-electron chi connectivity index (χ4n) is 0.534. The van der Waals surface area contributed by atoms with Crippen molar-refractivity contribution >= 4 is 36.1 Å². The van der Waals surface area contributed by atoms with E-state index in [0.29, 0.717) is 0 Å². The second kappa shape index (κ2) is 7.02. The van der Waals surface area contributed by atoms with E-state index in [2.05, 4.69) is 47.2 Å². The average Bonchev–Trinajstić information content (AvgIpc) is 1.87. The van der Waals surface area contributed by atoms with Crippen LogP contribution in [0.15, 0.2) is 30.3 Å². The van der Waals surface area contributed by atoms with E-state index in [9.17, 15) is 0 Å². The second-order valence-corrected chi connectivity index (χ2v) is 6.85. The van der Waals surface area contributed by atoms with Crippen molar-refractivity contribution in [3.63, 3.8) is 0 Å². The van der Waals surface area contributed by atoms with Crippen molar-refractivity contribution in [2.45, 2.75) is 17.4 Å². The van der Waals surface area contributed by atoms with Crippen LogP contribution >= 0.6 is 0 Å². The normalized spacial score (nSPS) is 8.09. The molecule has 0 radical (unpaired) electrons. The van der Waals surface area contributed by atoms with E-state index < -0.39 is 0 Å². The van der Waals surface area contributed by atoms with Crippen molar-refractivity contribution in [2.75, 3.05) is 0 Å². The van der Waals surface area contributed by atoms with Gasteiger partial charge < -0.3 is 0 Å². The van der Waals surface area contributed by atoms with Crippen molar-refractivity contribution in [1.82, 2.24) is 0 Å². The van der Waals surface area contributed by atoms with Gasteiger partial charge in [0.15, 0.2) is 0 Å². The first-order valence-electron chi connectivity index (χ1n) is 4.14. The summed E-state index contributed by atoms with van der Waals surface area (Å²) in [7, 11) is 0. The Hall–Kier alpha value is 0.350. The zero-order chi connectivity index (χ0) is 8.69. The van der Waals surface area contributed by atoms with E-state index in [4.69, 9.17) is 0 Å². The third-order valence-electron chi connectivity index (χ3n) is 0.940. The van der Waals surface area contributed by atoms with Gasteiger partial charge in [0.2, 0.25) is 0 Å². The molecule has 0 aliphatic heterocycles. The number of hydrogen-bond donors (Lipinski definition) is 0. The van der Waals surface area contributed by atoms with Crippen LogP contribution in [-0.4, -0.2) is 31.9 Å². The fourth-order valence-corrected chi connectivity index (χ4v) is 0.534. The monoisotopic (exact) mass is 156 g/mol. The fraction of sp³-hybridized carbons (Fsp3) is 0.333. The Balaban J connectivity index is 0.000000218. The molecule has 0 aliphatic rings. The van der Waals surface area contributed by atoms with Crippen molar-refractivity contribution in [2.24, 2.45) is 0 Å². The summed E-state index contributed by atoms with van der Waals surface area (Å²) in [5.74, 6) is 6.92. The van der Waals surface area contributed by atoms with Gasteiger partial charge in [-0.25, -0.2) is 0 Å². The minimum atomic E-state index is -0.139. The molecule has 0 saturated carbocycles. The molecule has 0 saturated heterocycles. The topological polar surface area (TPSA) is 0 Å². The quantitative estimate of drug-likeness (QED) is 0.503. The zero-order valence-corrected chi connectivity index (χ0v) is 9.12. The summed E-state index contributed by atoms with van der Waals surface area (Å²) < 4.78 is 1.32. The standard InChI is InChI=1S/C6H5.3CH3.Al.Li/c1-2-4-6-5-3-1;;;;;/h1-5H;3*1H3;;. The number of hydrogen-bond acceptors (Lipinski definition) is 0. The number of benzene rings is 1. The third kappa shape index (κ3) is 10.3. The van der Waals surface area contributed by atoms with Gasteiger partial charge in [0.25, 0.3) is 14.1 Å². The van der Waals surface area contributed by atoms with Gasteiger partial charge in [0, 0.05) is 0 Å². The van der Waals surface area contributed by atoms with Gasteiger partial charge in [-0.2, -0.15) is 0 Å². The molecule has 1 aromatic rings. The molecular weight excluding hydrogens is 142 g/mol. The van der Waals surface area contributed by atoms with Crippen LogP contribution in [0.2, 0.25) is 17.4 Å². The van der Waals surface area contributed by atoms with Crippen molar-refractivity contribution in [3.05, 3.63) is 30.3 Å². The molecule has 0 aromatic heterocycles. The molecule has 1 rings (SSSR count). The molecule has 0 aliphatic carbocycles. The van der Waals surface area contributed by atoms with Gasteiger partial charge in [-0.05, 0) is 0 Å². The van der Waals surface area contributed by atoms with E-state index >= 15 is 0 Å². The molecule has 11 heavy (non-hydrogen) atoms. The Morgan fingerprint density at radius 1 is 1.00 bits per heavy atom. The van der Waals surface area contributed by atoms with Crippen LogP contribution < -0.4 is 4.24 Å². The van der Waals surface area contributed by atoms with Crippen LogP contribution in [0.25, 0.3) is 0 Å². The third-order valence-corrected chi connectivity index (χ3v) is 0.940. The van der Waals surface area contributed by atoms with Crippen LogP contribution in [0.1, 0.15) is 0 Å². The first-order chi connectivity index (χ1) is 5.13. The Morgan fingerprint density at radius 3 is 1.55 bits per heavy atom. The minimum absolute atomic E-state index is 0.139. The second-order valence-electron chi connectivity index (χ2n) is 3.39. The molecule has 54 valence electrons. The summed E-state index contributed by atoms with van der Waals surface area (Å²) >= 11 is 1.94. The van der Waals surface area contributed by atoms with E-state index in [1.165, 1.54) is 4.24 Å². The Kier molecular flexibility index (Phi) is 7.25. The van der Waals surface area contributed by atoms with E-state index in [0.717, 1.165) is 0 Å². The van der Waals surface area contributed by atoms with Gasteiger partial charge in [-0.3, -0.25) is 0 Å². The molecule has 0 amide bonds. The van der Waals surface area contributed by atoms with Gasteiger partial charge in [-0.15, -0.1) is 17.4 Å². The average molecular weight is 156 g/mol. The first-order valence-corrected chi connectivity index (χ1v) is 7.61. The van der Waals surface area contributed by atoms with Crippen LogP contribution in [0.4, 0.5) is 0 Å². The van der Waals surface area contributed by atoms with Gasteiger partial charge >= 0.3 is 52.3 Å². The van der Waals surface area contributed by atoms with Crippen molar-refractivity contribution < 1.29 is 0 Å². The van der Waals surface area contributed by atoms with Crippen LogP contribution in [0, 0.1) is 0 Å². The Bertz CT molecular complexity index is 169. The maximum absolute atomic E-state index is 2.31. The summed E-state index contributed by atoms with van der Waals surface area (Å²) in [5, 5.41) is 0. The molecule has 0 bridgehead atoms. The SMILES string of the molecule is [CH3][Al]([CH3])[CH3].[Li][c]1ccccc1. The molecule has 0 heterocycles. The Labute approximate surface area is 83.6 Å². The first kappa shape index (κ1) is 11.3. The molecular formula is C9H14AlLi. The van der Waals surface area contributed by atoms with Gasteiger partial charge in [0.05, 0.1) is 0 Å². The maximum atomic E-state index is 2.31. The molecule has 2 heteroatoms. The predicted octanol–water partition coefficient (Wildman–Crippen LogP) is 1.85. The van der Waals surface area contributed by atoms with E-state index in [1.54, 1.807) is 0 Å². The van der Waals surface area contributed by atoms with Crippen LogP contribution in [-0.2, 0) is 0 Å². The van der Waals surface area contributed by atoms with Crippen molar-refractivity contribution in [1.29, 1.82) is 0 Å². The van der Waals surface area contributed by atoms with E-state index in [1.807, 2.05) is 18.2 Å². The zero-order valence-electron chi connectivity index (χ0n) is 7.96. The van der Waals surface area contributed by atoms with Gasteiger partial charge in [-0.1, -0.05) is 0 Å². The van der Waals surface area contributed by atoms with Gasteiger partial charge in [0.1, 0.15) is 0 Å². The summed E-state index contributed by atoms with van der Waals surface area (Å²) in [4.78, 5) is 0.